The second-order valence-electron chi connectivity index (χ2n) is 5.16. The summed E-state index contributed by atoms with van der Waals surface area (Å²) in [7, 11) is 0. The van der Waals surface area contributed by atoms with Crippen LogP contribution in [0, 0.1) is 12.3 Å². The monoisotopic (exact) mass is 240 g/mol. The highest BCUT2D eigenvalue weighted by Crippen LogP contribution is 2.21. The standard InChI is InChI=1S/C12H20N2O3/c1-8-13-9(7-17-8)11(16)14-10(5-6-15)12(2,3)4/h7,10,15H,5-6H2,1-4H3,(H,14,16). The zero-order valence-electron chi connectivity index (χ0n) is 10.8. The highest BCUT2D eigenvalue weighted by atomic mass is 16.3. The Labute approximate surface area is 101 Å². The number of carbonyl (C=O) groups excluding carboxylic acids is 1. The molecule has 0 saturated heterocycles. The summed E-state index contributed by atoms with van der Waals surface area (Å²) in [5, 5.41) is 11.9. The van der Waals surface area contributed by atoms with Crippen molar-refractivity contribution in [3.05, 3.63) is 17.8 Å². The molecule has 1 aromatic heterocycles. The minimum absolute atomic E-state index is 0.0417. The van der Waals surface area contributed by atoms with E-state index in [9.17, 15) is 4.79 Å². The molecule has 96 valence electrons. The van der Waals surface area contributed by atoms with Gasteiger partial charge in [0.2, 0.25) is 0 Å². The van der Waals surface area contributed by atoms with E-state index in [0.717, 1.165) is 0 Å². The molecule has 0 bridgehead atoms. The van der Waals surface area contributed by atoms with E-state index in [-0.39, 0.29) is 29.7 Å². The molecule has 17 heavy (non-hydrogen) atoms. The van der Waals surface area contributed by atoms with Crippen LogP contribution in [0.1, 0.15) is 43.6 Å². The summed E-state index contributed by atoms with van der Waals surface area (Å²) >= 11 is 0. The van der Waals surface area contributed by atoms with Gasteiger partial charge in [-0.2, -0.15) is 0 Å². The van der Waals surface area contributed by atoms with Crippen molar-refractivity contribution in [1.29, 1.82) is 0 Å². The Morgan fingerprint density at radius 2 is 2.24 bits per heavy atom. The smallest absolute Gasteiger partial charge is 0.273 e. The number of nitrogens with one attached hydrogen (secondary N) is 1. The maximum absolute atomic E-state index is 11.9. The minimum atomic E-state index is -0.268. The van der Waals surface area contributed by atoms with Gasteiger partial charge in [-0.05, 0) is 11.8 Å². The summed E-state index contributed by atoms with van der Waals surface area (Å²) in [6, 6.07) is -0.1000. The van der Waals surface area contributed by atoms with Crippen LogP contribution in [0.2, 0.25) is 0 Å². The molecule has 1 atom stereocenters. The highest BCUT2D eigenvalue weighted by Gasteiger charge is 2.26. The molecular weight excluding hydrogens is 220 g/mol. The molecule has 5 nitrogen and oxygen atoms in total. The summed E-state index contributed by atoms with van der Waals surface area (Å²) in [5.41, 5.74) is 0.159. The molecule has 0 saturated carbocycles. The zero-order valence-corrected chi connectivity index (χ0v) is 10.8. The molecule has 1 aromatic rings. The van der Waals surface area contributed by atoms with Crippen molar-refractivity contribution in [3.8, 4) is 0 Å². The van der Waals surface area contributed by atoms with Gasteiger partial charge in [-0.3, -0.25) is 4.79 Å². The fourth-order valence-electron chi connectivity index (χ4n) is 1.55. The van der Waals surface area contributed by atoms with Gasteiger partial charge in [0.1, 0.15) is 6.26 Å². The Morgan fingerprint density at radius 1 is 1.59 bits per heavy atom. The molecule has 0 aromatic carbocycles. The van der Waals surface area contributed by atoms with Crippen molar-refractivity contribution in [2.24, 2.45) is 5.41 Å². The van der Waals surface area contributed by atoms with E-state index in [0.29, 0.717) is 12.3 Å². The van der Waals surface area contributed by atoms with Crippen LogP contribution in [-0.4, -0.2) is 28.6 Å². The van der Waals surface area contributed by atoms with Crippen LogP contribution in [0.25, 0.3) is 0 Å². The summed E-state index contributed by atoms with van der Waals surface area (Å²) in [4.78, 5) is 15.8. The third kappa shape index (κ3) is 3.85. The lowest BCUT2D eigenvalue weighted by molar-refractivity contribution is 0.0880. The summed E-state index contributed by atoms with van der Waals surface area (Å²) in [6.07, 6.45) is 1.86. The van der Waals surface area contributed by atoms with Gasteiger partial charge in [-0.25, -0.2) is 4.98 Å². The maximum Gasteiger partial charge on any atom is 0.273 e. The summed E-state index contributed by atoms with van der Waals surface area (Å²) in [6.45, 7) is 7.77. The number of oxazole rings is 1. The van der Waals surface area contributed by atoms with Crippen LogP contribution in [0.15, 0.2) is 10.7 Å². The Hall–Kier alpha value is -1.36. The molecule has 0 spiro atoms. The van der Waals surface area contributed by atoms with Crippen molar-refractivity contribution >= 4 is 5.91 Å². The molecule has 1 amide bonds. The van der Waals surface area contributed by atoms with E-state index in [2.05, 4.69) is 10.3 Å². The Balaban J connectivity index is 2.71. The lowest BCUT2D eigenvalue weighted by Crippen LogP contribution is -2.44. The van der Waals surface area contributed by atoms with Gasteiger partial charge in [-0.15, -0.1) is 0 Å². The molecule has 1 unspecified atom stereocenters. The van der Waals surface area contributed by atoms with Gasteiger partial charge >= 0.3 is 0 Å². The molecule has 0 fully saturated rings. The Morgan fingerprint density at radius 3 is 2.65 bits per heavy atom. The van der Waals surface area contributed by atoms with Crippen LogP contribution >= 0.6 is 0 Å². The first-order valence-corrected chi connectivity index (χ1v) is 5.68. The third-order valence-electron chi connectivity index (χ3n) is 2.62. The van der Waals surface area contributed by atoms with Gasteiger partial charge in [-0.1, -0.05) is 20.8 Å². The van der Waals surface area contributed by atoms with Crippen LogP contribution < -0.4 is 5.32 Å². The molecular formula is C12H20N2O3. The number of rotatable bonds is 4. The summed E-state index contributed by atoms with van der Waals surface area (Å²) in [5.74, 6) is 0.194. The normalized spacial score (nSPS) is 13.5. The lowest BCUT2D eigenvalue weighted by atomic mass is 9.85. The van der Waals surface area contributed by atoms with E-state index in [1.54, 1.807) is 6.92 Å². The first-order valence-electron chi connectivity index (χ1n) is 5.68. The van der Waals surface area contributed by atoms with E-state index in [1.807, 2.05) is 20.8 Å². The molecule has 5 heteroatoms. The van der Waals surface area contributed by atoms with Gasteiger partial charge in [0.05, 0.1) is 0 Å². The summed E-state index contributed by atoms with van der Waals surface area (Å²) < 4.78 is 4.99. The first-order chi connectivity index (χ1) is 7.84. The predicted molar refractivity (Wildman–Crippen MR) is 63.7 cm³/mol. The average Bonchev–Trinajstić information content (AvgIpc) is 2.62. The van der Waals surface area contributed by atoms with Crippen molar-refractivity contribution in [3.63, 3.8) is 0 Å². The van der Waals surface area contributed by atoms with E-state index in [1.165, 1.54) is 6.26 Å². The van der Waals surface area contributed by atoms with Gasteiger partial charge in [0.15, 0.2) is 11.6 Å². The number of aromatic nitrogens is 1. The fourth-order valence-corrected chi connectivity index (χ4v) is 1.55. The number of hydrogen-bond acceptors (Lipinski definition) is 4. The minimum Gasteiger partial charge on any atom is -0.448 e. The lowest BCUT2D eigenvalue weighted by Gasteiger charge is -2.30. The number of carbonyl (C=O) groups is 1. The highest BCUT2D eigenvalue weighted by molar-refractivity contribution is 5.92. The number of hydrogen-bond donors (Lipinski definition) is 2. The second-order valence-corrected chi connectivity index (χ2v) is 5.16. The number of aliphatic hydroxyl groups is 1. The molecule has 1 rings (SSSR count). The van der Waals surface area contributed by atoms with Crippen molar-refractivity contribution in [2.45, 2.75) is 40.2 Å². The number of aliphatic hydroxyl groups excluding tert-OH is 1. The Kier molecular flexibility index (Phi) is 4.28. The molecule has 0 radical (unpaired) electrons. The number of nitrogens with zero attached hydrogens (tertiary/aromatic N) is 1. The second kappa shape index (κ2) is 5.31. The van der Waals surface area contributed by atoms with Crippen molar-refractivity contribution < 1.29 is 14.3 Å². The van der Waals surface area contributed by atoms with Crippen LogP contribution in [0.5, 0.6) is 0 Å². The van der Waals surface area contributed by atoms with Crippen molar-refractivity contribution in [1.82, 2.24) is 10.3 Å². The average molecular weight is 240 g/mol. The van der Waals surface area contributed by atoms with E-state index in [4.69, 9.17) is 9.52 Å². The largest absolute Gasteiger partial charge is 0.448 e. The molecule has 0 aliphatic carbocycles. The van der Waals surface area contributed by atoms with E-state index < -0.39 is 0 Å². The van der Waals surface area contributed by atoms with Crippen LogP contribution in [0.3, 0.4) is 0 Å². The topological polar surface area (TPSA) is 75.4 Å². The molecule has 1 heterocycles. The van der Waals surface area contributed by atoms with Crippen LogP contribution in [-0.2, 0) is 0 Å². The van der Waals surface area contributed by atoms with Crippen molar-refractivity contribution in [2.75, 3.05) is 6.61 Å². The predicted octanol–water partition coefficient (Wildman–Crippen LogP) is 1.51. The zero-order chi connectivity index (χ0) is 13.1. The van der Waals surface area contributed by atoms with Gasteiger partial charge < -0.3 is 14.8 Å². The third-order valence-corrected chi connectivity index (χ3v) is 2.62. The maximum atomic E-state index is 11.9. The Bertz CT molecular complexity index is 379. The molecule has 0 aliphatic rings. The van der Waals surface area contributed by atoms with E-state index >= 15 is 0 Å². The number of amides is 1. The van der Waals surface area contributed by atoms with Gasteiger partial charge in [0.25, 0.3) is 5.91 Å². The SMILES string of the molecule is Cc1nc(C(=O)NC(CCO)C(C)(C)C)co1. The van der Waals surface area contributed by atoms with Crippen LogP contribution in [0.4, 0.5) is 0 Å². The molecule has 2 N–H and O–H groups in total. The molecule has 0 aliphatic heterocycles. The van der Waals surface area contributed by atoms with Gasteiger partial charge in [0, 0.05) is 19.6 Å². The number of aryl methyl sites for hydroxylation is 1. The fraction of sp³-hybridized carbons (Fsp3) is 0.667. The quantitative estimate of drug-likeness (QED) is 0.836. The first kappa shape index (κ1) is 13.7.